The van der Waals surface area contributed by atoms with Gasteiger partial charge in [-0.1, -0.05) is 171 Å². The van der Waals surface area contributed by atoms with E-state index in [1.165, 1.54) is 32.3 Å². The number of para-hydroxylation sites is 3. The fourth-order valence-corrected chi connectivity index (χ4v) is 9.92. The van der Waals surface area contributed by atoms with E-state index in [4.69, 9.17) is 2.78 Å². The lowest BCUT2D eigenvalue weighted by atomic mass is 10.1. The van der Waals surface area contributed by atoms with Crippen LogP contribution in [-0.2, 0) is 0 Å². The summed E-state index contributed by atoms with van der Waals surface area (Å²) >= 11 is 0. The number of fused-ring (bicyclic) bond motifs is 3. The quantitative estimate of drug-likeness (QED) is 0.117. The van der Waals surface area contributed by atoms with Crippen LogP contribution in [0.4, 0.5) is 68.2 Å². The zero-order chi connectivity index (χ0) is 51.6. The van der Waals surface area contributed by atoms with Crippen molar-refractivity contribution in [2.24, 2.45) is 0 Å². The second-order valence-electron chi connectivity index (χ2n) is 17.8. The Kier molecular flexibility index (Phi) is 13.3. The van der Waals surface area contributed by atoms with Crippen molar-refractivity contribution >= 4 is 109 Å². The molecule has 0 amide bonds. The molecule has 0 radical (unpaired) electrons. The van der Waals surface area contributed by atoms with Gasteiger partial charge in [0, 0.05) is 74.9 Å². The third-order valence-electron chi connectivity index (χ3n) is 13.3. The van der Waals surface area contributed by atoms with Crippen LogP contribution in [0, 0.1) is 5.15 Å². The molecule has 356 valence electrons. The van der Waals surface area contributed by atoms with Gasteiger partial charge in [0.2, 0.25) is 0 Å². The minimum atomic E-state index is -0.234. The third-order valence-corrected chi connectivity index (χ3v) is 13.5. The van der Waals surface area contributed by atoms with Crippen LogP contribution < -0.4 is 19.6 Å². The summed E-state index contributed by atoms with van der Waals surface area (Å²) in [6.45, 7) is 1.69. The Hall–Kier alpha value is -9.28. The van der Waals surface area contributed by atoms with E-state index < -0.39 is 0 Å². The Labute approximate surface area is 438 Å². The highest BCUT2D eigenvalue weighted by molar-refractivity contribution is 7.24. The molecule has 0 heterocycles. The van der Waals surface area contributed by atoms with E-state index in [9.17, 15) is 0 Å². The summed E-state index contributed by atoms with van der Waals surface area (Å²) in [4.78, 5) is 9.43. The molecule has 12 aromatic carbocycles. The highest BCUT2D eigenvalue weighted by atomic mass is 31.1. The van der Waals surface area contributed by atoms with Crippen molar-refractivity contribution < 1.29 is 2.78 Å². The number of anilines is 12. The summed E-state index contributed by atoms with van der Waals surface area (Å²) in [6.07, 6.45) is -0.234. The molecule has 0 aliphatic rings. The molecule has 1 atom stereocenters. The van der Waals surface area contributed by atoms with E-state index in [2.05, 4.69) is 316 Å². The van der Waals surface area contributed by atoms with Gasteiger partial charge in [0.15, 0.2) is 1.41 Å². The Bertz CT molecular complexity index is 3470. The topological polar surface area (TPSA) is 36.8 Å². The van der Waals surface area contributed by atoms with E-state index in [1.54, 1.807) is 6.92 Å². The molecule has 1 N–H and O–H groups in total. The number of hydrogen-bond acceptors (Lipinski definition) is 5. The van der Waals surface area contributed by atoms with Gasteiger partial charge < -0.3 is 19.6 Å². The molecule has 0 spiro atoms. The second-order valence-corrected chi connectivity index (χ2v) is 18.5. The molecule has 0 bridgehead atoms. The zero-order valence-corrected chi connectivity index (χ0v) is 41.9. The zero-order valence-electron chi connectivity index (χ0n) is 43.0. The summed E-state index contributed by atoms with van der Waals surface area (Å²) in [5, 5.41) is 10.2. The minimum Gasteiger partial charge on any atom is -0.310 e. The van der Waals surface area contributed by atoms with Crippen LogP contribution >= 0.6 is 8.37 Å². The molecule has 74 heavy (non-hydrogen) atoms. The Morgan fingerprint density at radius 2 is 0.527 bits per heavy atom. The molecule has 0 saturated heterocycles. The summed E-state index contributed by atoms with van der Waals surface area (Å²) in [5.74, 6) is 0. The maximum atomic E-state index is 6.75. The summed E-state index contributed by atoms with van der Waals surface area (Å²) in [7, 11) is 0.537. The van der Waals surface area contributed by atoms with Crippen molar-refractivity contribution in [1.82, 2.24) is 0 Å². The molecular weight excluding hydrogens is 918 g/mol. The van der Waals surface area contributed by atoms with E-state index in [0.29, 0.717) is 8.37 Å². The van der Waals surface area contributed by atoms with Gasteiger partial charge in [0.1, 0.15) is 0 Å². The highest BCUT2D eigenvalue weighted by Gasteiger charge is 2.21. The maximum Gasteiger partial charge on any atom is 0.192 e. The first-order valence-electron chi connectivity index (χ1n) is 25.9. The lowest BCUT2D eigenvalue weighted by Gasteiger charge is -2.31. The molecule has 0 aliphatic heterocycles. The molecule has 6 heteroatoms. The van der Waals surface area contributed by atoms with E-state index in [1.807, 2.05) is 0 Å². The number of nitrogens with one attached hydrogen (secondary N) is 1. The molecule has 5 nitrogen and oxygen atoms in total. The van der Waals surface area contributed by atoms with Gasteiger partial charge in [-0.25, -0.2) is 0 Å². The smallest absolute Gasteiger partial charge is 0.192 e. The van der Waals surface area contributed by atoms with Gasteiger partial charge in [0.25, 0.3) is 0 Å². The van der Waals surface area contributed by atoms with Gasteiger partial charge in [-0.15, -0.1) is 0 Å². The number of benzene rings is 12. The van der Waals surface area contributed by atoms with Crippen molar-refractivity contribution in [2.45, 2.75) is 6.92 Å². The standard InChI is InChI=1S/C66H48N4.C2H6NP/c1-4-25-52(26-5-1)68(64-34-16-22-49-19-10-13-31-61(49)64)58-43-37-55(38-44-58)67(56-39-45-59(46-40-56)69(53-27-6-2-7-28-53)65-35-17-23-50-20-11-14-32-62(50)65)57-41-47-60(48-42-57)70(54-29-8-3-9-30-54)66-36-18-24-51-21-12-15-33-63(51)66;1-2-4-3/h1-48H;3H,2H2,1H3/i;2T/hD. The second kappa shape index (κ2) is 22.0. The Morgan fingerprint density at radius 3 is 0.784 bits per heavy atom. The first-order valence-corrected chi connectivity index (χ1v) is 25.8. The lowest BCUT2D eigenvalue weighted by molar-refractivity contribution is 1.24. The van der Waals surface area contributed by atoms with Crippen molar-refractivity contribution in [3.63, 3.8) is 0 Å². The van der Waals surface area contributed by atoms with Crippen molar-refractivity contribution in [2.75, 3.05) is 25.7 Å². The van der Waals surface area contributed by atoms with Gasteiger partial charge in [-0.05, 0) is 152 Å². The molecule has 12 rings (SSSR count). The van der Waals surface area contributed by atoms with Crippen LogP contribution in [0.3, 0.4) is 0 Å². The van der Waals surface area contributed by atoms with Crippen LogP contribution in [0.5, 0.6) is 0 Å². The molecule has 12 aromatic rings. The molecular formula is C68H54N5P. The van der Waals surface area contributed by atoms with E-state index in [0.717, 1.165) is 68.2 Å². The normalized spacial score (nSPS) is 11.9. The Morgan fingerprint density at radius 1 is 0.297 bits per heavy atom. The average Bonchev–Trinajstić information content (AvgIpc) is 3.48. The summed E-state index contributed by atoms with van der Waals surface area (Å²) in [5.41, 5.74) is 13.0. The number of nitrogens with zero attached hydrogens (tertiary/aromatic N) is 4. The largest absolute Gasteiger partial charge is 0.310 e. The van der Waals surface area contributed by atoms with E-state index in [-0.39, 0.29) is 6.14 Å². The number of hydrogen-bond donors (Lipinski definition) is 1. The Balaban J connectivity index is 0.000000973. The fraction of sp³-hybridized carbons (Fsp3) is 0.0294. The highest BCUT2D eigenvalue weighted by Crippen LogP contribution is 2.45. The fourth-order valence-electron chi connectivity index (χ4n) is 9.92. The van der Waals surface area contributed by atoms with Crippen LogP contribution in [0.1, 0.15) is 8.29 Å². The van der Waals surface area contributed by atoms with Crippen LogP contribution in [0.2, 0.25) is 1.41 Å². The summed E-state index contributed by atoms with van der Waals surface area (Å²) < 4.78 is 13.0. The average molecular weight is 975 g/mol. The SMILES string of the molecule is [2H]N=PC([3H])C.c1ccc(N(c2ccc(N(c3ccc(N(c4ccccc4)c4cccc5ccccc45)cc3)c3ccc(N(c4ccccc4)c4cccc5ccccc45)cc3)cc2)c2cccc3ccccc23)cc1. The van der Waals surface area contributed by atoms with Crippen LogP contribution in [0.15, 0.2) is 291 Å². The molecule has 0 aromatic heterocycles. The third kappa shape index (κ3) is 9.73. The first kappa shape index (κ1) is 44.6. The minimum absolute atomic E-state index is 0.234. The van der Waals surface area contributed by atoms with Gasteiger partial charge >= 0.3 is 0 Å². The monoisotopic (exact) mass is 974 g/mol. The van der Waals surface area contributed by atoms with Crippen molar-refractivity contribution in [3.8, 4) is 0 Å². The van der Waals surface area contributed by atoms with E-state index >= 15 is 0 Å². The first-order chi connectivity index (χ1) is 37.5. The predicted molar refractivity (Wildman–Crippen MR) is 318 cm³/mol. The molecule has 1 unspecified atom stereocenters. The maximum absolute atomic E-state index is 6.75. The molecule has 0 saturated carbocycles. The number of rotatable bonds is 13. The van der Waals surface area contributed by atoms with Gasteiger partial charge in [-0.3, -0.25) is 5.15 Å². The van der Waals surface area contributed by atoms with Gasteiger partial charge in [-0.2, -0.15) is 0 Å². The van der Waals surface area contributed by atoms with Gasteiger partial charge in [0.05, 0.1) is 17.1 Å². The van der Waals surface area contributed by atoms with Crippen LogP contribution in [-0.4, -0.2) is 6.14 Å². The lowest BCUT2D eigenvalue weighted by Crippen LogP contribution is -2.14. The summed E-state index contributed by atoms with van der Waals surface area (Å²) in [6, 6.07) is 104. The van der Waals surface area contributed by atoms with Crippen molar-refractivity contribution in [3.05, 3.63) is 291 Å². The van der Waals surface area contributed by atoms with Crippen LogP contribution in [0.25, 0.3) is 32.3 Å². The predicted octanol–water partition coefficient (Wildman–Crippen LogP) is 20.7. The van der Waals surface area contributed by atoms with Crippen molar-refractivity contribution in [1.29, 1.82) is 5.15 Å². The molecule has 0 aliphatic carbocycles. The molecule has 0 fully saturated rings.